The zero-order chi connectivity index (χ0) is 22.5. The van der Waals surface area contributed by atoms with E-state index in [1.165, 1.54) is 18.2 Å². The number of carbonyl (C=O) groups is 2. The summed E-state index contributed by atoms with van der Waals surface area (Å²) in [5, 5.41) is 12.6. The van der Waals surface area contributed by atoms with E-state index in [0.717, 1.165) is 12.1 Å². The molecule has 2 amide bonds. The van der Waals surface area contributed by atoms with Gasteiger partial charge in [0.15, 0.2) is 11.6 Å². The van der Waals surface area contributed by atoms with E-state index in [1.54, 1.807) is 17.0 Å². The number of phenols is 1. The van der Waals surface area contributed by atoms with Gasteiger partial charge in [-0.3, -0.25) is 9.59 Å². The summed E-state index contributed by atoms with van der Waals surface area (Å²) >= 11 is 0. The highest BCUT2D eigenvalue weighted by atomic mass is 19.1. The fourth-order valence-corrected chi connectivity index (χ4v) is 3.54. The van der Waals surface area contributed by atoms with Gasteiger partial charge in [0.25, 0.3) is 5.91 Å². The molecule has 3 rings (SSSR count). The molecule has 8 heteroatoms. The van der Waals surface area contributed by atoms with Crippen LogP contribution >= 0.6 is 0 Å². The molecule has 2 aromatic carbocycles. The lowest BCUT2D eigenvalue weighted by Crippen LogP contribution is -2.53. The molecule has 1 heterocycles. The first kappa shape index (κ1) is 22.5. The predicted molar refractivity (Wildman–Crippen MR) is 111 cm³/mol. The lowest BCUT2D eigenvalue weighted by atomic mass is 9.99. The molecule has 166 valence electrons. The number of nitrogens with zero attached hydrogens (tertiary/aromatic N) is 1. The van der Waals surface area contributed by atoms with E-state index >= 15 is 0 Å². The number of likely N-dealkylation sites (tertiary alicyclic amines) is 1. The topological polar surface area (TPSA) is 78.9 Å². The van der Waals surface area contributed by atoms with Crippen LogP contribution in [0.2, 0.25) is 0 Å². The Bertz CT molecular complexity index is 943. The predicted octanol–water partition coefficient (Wildman–Crippen LogP) is 3.49. The van der Waals surface area contributed by atoms with Crippen molar-refractivity contribution in [3.05, 3.63) is 59.7 Å². The van der Waals surface area contributed by atoms with Crippen molar-refractivity contribution in [1.29, 1.82) is 0 Å². The SMILES string of the molecule is CC(C)[C@H](NC(=O)c1ccccc1O)C(=O)N1CCC(Oc2ccc(F)cc2F)CC1. The summed E-state index contributed by atoms with van der Waals surface area (Å²) in [4.78, 5) is 27.3. The minimum Gasteiger partial charge on any atom is -0.507 e. The Morgan fingerprint density at radius 2 is 1.81 bits per heavy atom. The number of aromatic hydroxyl groups is 1. The average molecular weight is 432 g/mol. The summed E-state index contributed by atoms with van der Waals surface area (Å²) < 4.78 is 32.5. The summed E-state index contributed by atoms with van der Waals surface area (Å²) in [6.07, 6.45) is 0.680. The van der Waals surface area contributed by atoms with E-state index < -0.39 is 23.6 Å². The normalized spacial score (nSPS) is 15.6. The molecule has 0 bridgehead atoms. The van der Waals surface area contributed by atoms with Crippen LogP contribution in [0.25, 0.3) is 0 Å². The molecule has 1 fully saturated rings. The molecule has 0 aliphatic carbocycles. The average Bonchev–Trinajstić information content (AvgIpc) is 2.74. The zero-order valence-corrected chi connectivity index (χ0v) is 17.5. The van der Waals surface area contributed by atoms with Crippen LogP contribution in [-0.2, 0) is 4.79 Å². The maximum absolute atomic E-state index is 13.8. The molecule has 0 spiro atoms. The molecule has 0 unspecified atom stereocenters. The van der Waals surface area contributed by atoms with E-state index in [4.69, 9.17) is 4.74 Å². The van der Waals surface area contributed by atoms with Gasteiger partial charge in [-0.25, -0.2) is 8.78 Å². The van der Waals surface area contributed by atoms with Gasteiger partial charge in [-0.15, -0.1) is 0 Å². The number of nitrogens with one attached hydrogen (secondary N) is 1. The van der Waals surface area contributed by atoms with Crippen molar-refractivity contribution in [3.8, 4) is 11.5 Å². The highest BCUT2D eigenvalue weighted by Gasteiger charge is 2.32. The highest BCUT2D eigenvalue weighted by Crippen LogP contribution is 2.24. The highest BCUT2D eigenvalue weighted by molar-refractivity contribution is 5.99. The molecule has 1 aliphatic rings. The van der Waals surface area contributed by atoms with Gasteiger partial charge in [0.05, 0.1) is 5.56 Å². The van der Waals surface area contributed by atoms with Crippen LogP contribution < -0.4 is 10.1 Å². The zero-order valence-electron chi connectivity index (χ0n) is 17.5. The van der Waals surface area contributed by atoms with E-state index in [-0.39, 0.29) is 35.0 Å². The Kier molecular flexibility index (Phi) is 7.09. The number of ether oxygens (including phenoxy) is 1. The van der Waals surface area contributed by atoms with Crippen LogP contribution in [0.5, 0.6) is 11.5 Å². The van der Waals surface area contributed by atoms with Gasteiger partial charge in [0, 0.05) is 32.0 Å². The van der Waals surface area contributed by atoms with E-state index in [2.05, 4.69) is 5.32 Å². The summed E-state index contributed by atoms with van der Waals surface area (Å²) in [7, 11) is 0. The van der Waals surface area contributed by atoms with Crippen LogP contribution in [0.3, 0.4) is 0 Å². The fraction of sp³-hybridized carbons (Fsp3) is 0.391. The number of hydrogen-bond donors (Lipinski definition) is 2. The lowest BCUT2D eigenvalue weighted by Gasteiger charge is -2.35. The largest absolute Gasteiger partial charge is 0.507 e. The van der Waals surface area contributed by atoms with Gasteiger partial charge in [0.1, 0.15) is 23.7 Å². The molecule has 31 heavy (non-hydrogen) atoms. The van der Waals surface area contributed by atoms with Gasteiger partial charge in [-0.2, -0.15) is 0 Å². The molecule has 2 N–H and O–H groups in total. The standard InChI is InChI=1S/C23H26F2N2O4/c1-14(2)21(26-22(29)17-5-3-4-6-19(17)28)23(30)27-11-9-16(10-12-27)31-20-8-7-15(24)13-18(20)25/h3-8,13-14,16,21,28H,9-12H2,1-2H3,(H,26,29)/t21-/m0/s1. The number of rotatable bonds is 6. The number of benzene rings is 2. The number of halogens is 2. The number of phenolic OH excluding ortho intramolecular Hbond substituents is 1. The molecule has 0 aromatic heterocycles. The monoisotopic (exact) mass is 432 g/mol. The number of piperidine rings is 1. The van der Waals surface area contributed by atoms with Gasteiger partial charge in [-0.05, 0) is 30.2 Å². The first-order chi connectivity index (χ1) is 14.8. The second-order valence-corrected chi connectivity index (χ2v) is 7.93. The van der Waals surface area contributed by atoms with Crippen LogP contribution in [-0.4, -0.2) is 47.1 Å². The third-order valence-corrected chi connectivity index (χ3v) is 5.31. The van der Waals surface area contributed by atoms with Crippen molar-refractivity contribution in [3.63, 3.8) is 0 Å². The molecule has 0 saturated carbocycles. The van der Waals surface area contributed by atoms with Crippen molar-refractivity contribution in [2.75, 3.05) is 13.1 Å². The summed E-state index contributed by atoms with van der Waals surface area (Å²) in [6, 6.07) is 8.56. The van der Waals surface area contributed by atoms with Crippen molar-refractivity contribution in [1.82, 2.24) is 10.2 Å². The Labute approximate surface area is 179 Å². The maximum atomic E-state index is 13.8. The van der Waals surface area contributed by atoms with E-state index in [9.17, 15) is 23.5 Å². The quantitative estimate of drug-likeness (QED) is 0.733. The van der Waals surface area contributed by atoms with Crippen molar-refractivity contribution in [2.45, 2.75) is 38.8 Å². The Balaban J connectivity index is 1.59. The second-order valence-electron chi connectivity index (χ2n) is 7.93. The van der Waals surface area contributed by atoms with Gasteiger partial charge in [-0.1, -0.05) is 26.0 Å². The molecule has 2 aromatic rings. The second kappa shape index (κ2) is 9.76. The number of amides is 2. The van der Waals surface area contributed by atoms with Crippen LogP contribution in [0, 0.1) is 17.6 Å². The van der Waals surface area contributed by atoms with Gasteiger partial charge < -0.3 is 20.1 Å². The van der Waals surface area contributed by atoms with Gasteiger partial charge >= 0.3 is 0 Å². The first-order valence-electron chi connectivity index (χ1n) is 10.3. The molecule has 1 aliphatic heterocycles. The molecule has 6 nitrogen and oxygen atoms in total. The van der Waals surface area contributed by atoms with Gasteiger partial charge in [0.2, 0.25) is 5.91 Å². The smallest absolute Gasteiger partial charge is 0.255 e. The Hall–Kier alpha value is -3.16. The molecule has 1 atom stereocenters. The summed E-state index contributed by atoms with van der Waals surface area (Å²) in [6.45, 7) is 4.45. The third-order valence-electron chi connectivity index (χ3n) is 5.31. The Morgan fingerprint density at radius 1 is 1.13 bits per heavy atom. The number of para-hydroxylation sites is 1. The van der Waals surface area contributed by atoms with Crippen LogP contribution in [0.15, 0.2) is 42.5 Å². The molecular weight excluding hydrogens is 406 g/mol. The minimum atomic E-state index is -0.759. The van der Waals surface area contributed by atoms with Crippen LogP contribution in [0.1, 0.15) is 37.0 Å². The first-order valence-corrected chi connectivity index (χ1v) is 10.3. The van der Waals surface area contributed by atoms with Crippen molar-refractivity contribution >= 4 is 11.8 Å². The number of carbonyl (C=O) groups excluding carboxylic acids is 2. The maximum Gasteiger partial charge on any atom is 0.255 e. The summed E-state index contributed by atoms with van der Waals surface area (Å²) in [5.74, 6) is -2.49. The molecule has 0 radical (unpaired) electrons. The third kappa shape index (κ3) is 5.51. The summed E-state index contributed by atoms with van der Waals surface area (Å²) in [5.41, 5.74) is 0.106. The Morgan fingerprint density at radius 3 is 2.42 bits per heavy atom. The van der Waals surface area contributed by atoms with E-state index in [1.807, 2.05) is 13.8 Å². The lowest BCUT2D eigenvalue weighted by molar-refractivity contribution is -0.136. The van der Waals surface area contributed by atoms with E-state index in [0.29, 0.717) is 25.9 Å². The number of hydrogen-bond acceptors (Lipinski definition) is 4. The van der Waals surface area contributed by atoms with Crippen LogP contribution in [0.4, 0.5) is 8.78 Å². The van der Waals surface area contributed by atoms with Crippen molar-refractivity contribution < 1.29 is 28.2 Å². The van der Waals surface area contributed by atoms with Crippen molar-refractivity contribution in [2.24, 2.45) is 5.92 Å². The molecule has 1 saturated heterocycles. The fourth-order valence-electron chi connectivity index (χ4n) is 3.54. The minimum absolute atomic E-state index is 0.0128. The molecular formula is C23H26F2N2O4.